The first-order valence-corrected chi connectivity index (χ1v) is 23.0. The van der Waals surface area contributed by atoms with Crippen molar-refractivity contribution in [3.8, 4) is 0 Å². The van der Waals surface area contributed by atoms with Gasteiger partial charge in [-0.05, 0) is 205 Å². The molecule has 0 heterocycles. The number of benzene rings is 8. The van der Waals surface area contributed by atoms with E-state index in [0.29, 0.717) is 0 Å². The van der Waals surface area contributed by atoms with Gasteiger partial charge in [0, 0.05) is 34.1 Å². The minimum absolute atomic E-state index is 1.07. The Bertz CT molecular complexity index is 2690. The number of anilines is 6. The zero-order chi connectivity index (χ0) is 42.5. The first kappa shape index (κ1) is 39.7. The monoisotopic (exact) mass is 806 g/mol. The Balaban J connectivity index is 1.09. The fourth-order valence-electron chi connectivity index (χ4n) is 10.6. The summed E-state index contributed by atoms with van der Waals surface area (Å²) in [6, 6.07) is 55.6. The first-order valence-electron chi connectivity index (χ1n) is 23.0. The van der Waals surface area contributed by atoms with Gasteiger partial charge in [0.15, 0.2) is 0 Å². The van der Waals surface area contributed by atoms with Crippen LogP contribution in [0.5, 0.6) is 0 Å². The SMILES string of the molecule is CCCC(=C(CCC)c1ccc2cc(N(c3ccc(C)cc3)c3ccc(C)cc3)cc3c2c1CC3)c1ccc2cc(N(c3ccc(C)cc3)c3ccc(C)cc3)cc3c2c1CC3. The summed E-state index contributed by atoms with van der Waals surface area (Å²) >= 11 is 0. The number of allylic oxidation sites excluding steroid dienone is 2. The van der Waals surface area contributed by atoms with Gasteiger partial charge in [-0.15, -0.1) is 0 Å². The van der Waals surface area contributed by atoms with Crippen molar-refractivity contribution in [2.24, 2.45) is 0 Å². The molecule has 0 aromatic heterocycles. The van der Waals surface area contributed by atoms with Crippen LogP contribution in [-0.4, -0.2) is 0 Å². The van der Waals surface area contributed by atoms with Gasteiger partial charge in [0.05, 0.1) is 0 Å². The summed E-state index contributed by atoms with van der Waals surface area (Å²) in [6.45, 7) is 13.4. The second kappa shape index (κ2) is 16.5. The minimum atomic E-state index is 1.07. The van der Waals surface area contributed by atoms with Gasteiger partial charge in [-0.3, -0.25) is 0 Å². The van der Waals surface area contributed by atoms with E-state index in [2.05, 4.69) is 197 Å². The largest absolute Gasteiger partial charge is 0.310 e. The minimum Gasteiger partial charge on any atom is -0.310 e. The Kier molecular flexibility index (Phi) is 10.6. The van der Waals surface area contributed by atoms with Gasteiger partial charge < -0.3 is 9.80 Å². The van der Waals surface area contributed by atoms with E-state index in [1.807, 2.05) is 0 Å². The second-order valence-corrected chi connectivity index (χ2v) is 18.1. The van der Waals surface area contributed by atoms with Crippen LogP contribution in [0.25, 0.3) is 32.7 Å². The van der Waals surface area contributed by atoms with Crippen molar-refractivity contribution in [1.29, 1.82) is 0 Å². The third-order valence-electron chi connectivity index (χ3n) is 13.6. The molecule has 0 N–H and O–H groups in total. The summed E-state index contributed by atoms with van der Waals surface area (Å²) in [6.07, 6.45) is 8.74. The standard InChI is InChI=1S/C60H58N2/c1-7-9-53(55-31-19-43-35-51(37-45-21-33-57(55)59(43)45)61(47-23-11-39(3)12-24-47)48-25-13-40(4)14-26-48)54(10-8-2)56-32-20-44-36-52(38-46-22-34-58(56)60(44)46)62(49-27-15-41(5)16-28-49)50-29-17-42(6)18-30-50/h11-20,23-32,35-38H,7-10,21-22,33-34H2,1-6H3. The average molecular weight is 807 g/mol. The lowest BCUT2D eigenvalue weighted by Gasteiger charge is -2.27. The molecule has 2 aliphatic rings. The van der Waals surface area contributed by atoms with Crippen LogP contribution in [0.2, 0.25) is 0 Å². The van der Waals surface area contributed by atoms with Gasteiger partial charge in [-0.1, -0.05) is 122 Å². The molecule has 0 radical (unpaired) electrons. The highest BCUT2D eigenvalue weighted by molar-refractivity contribution is 6.04. The Morgan fingerprint density at radius 3 is 1.00 bits per heavy atom. The Labute approximate surface area is 369 Å². The van der Waals surface area contributed by atoms with Crippen LogP contribution in [-0.2, 0) is 25.7 Å². The molecular formula is C60H58N2. The quantitative estimate of drug-likeness (QED) is 0.113. The first-order chi connectivity index (χ1) is 30.3. The summed E-state index contributed by atoms with van der Waals surface area (Å²) in [5, 5.41) is 5.66. The molecular weight excluding hydrogens is 749 g/mol. The lowest BCUT2D eigenvalue weighted by atomic mass is 9.83. The molecule has 0 spiro atoms. The van der Waals surface area contributed by atoms with Crippen molar-refractivity contribution < 1.29 is 0 Å². The van der Waals surface area contributed by atoms with Gasteiger partial charge in [-0.25, -0.2) is 0 Å². The maximum atomic E-state index is 2.49. The highest BCUT2D eigenvalue weighted by Crippen LogP contribution is 2.47. The van der Waals surface area contributed by atoms with E-state index in [9.17, 15) is 0 Å². The van der Waals surface area contributed by atoms with Crippen molar-refractivity contribution in [3.63, 3.8) is 0 Å². The summed E-state index contributed by atoms with van der Waals surface area (Å²) in [4.78, 5) is 4.87. The highest BCUT2D eigenvalue weighted by atomic mass is 15.1. The number of hydrogen-bond acceptors (Lipinski definition) is 2. The molecule has 0 fully saturated rings. The Hall–Kier alpha value is -6.38. The third kappa shape index (κ3) is 7.20. The van der Waals surface area contributed by atoms with E-state index in [1.165, 1.54) is 100 Å². The van der Waals surface area contributed by atoms with E-state index in [1.54, 1.807) is 22.3 Å². The van der Waals surface area contributed by atoms with Crippen LogP contribution in [0.15, 0.2) is 146 Å². The lowest BCUT2D eigenvalue weighted by molar-refractivity contribution is 0.936. The van der Waals surface area contributed by atoms with Crippen LogP contribution in [0.1, 0.15) is 95.2 Å². The Morgan fingerprint density at radius 1 is 0.371 bits per heavy atom. The van der Waals surface area contributed by atoms with Crippen molar-refractivity contribution in [2.75, 3.05) is 9.80 Å². The van der Waals surface area contributed by atoms with Gasteiger partial charge in [0.2, 0.25) is 0 Å². The van der Waals surface area contributed by atoms with Crippen molar-refractivity contribution in [2.45, 2.75) is 92.9 Å². The Morgan fingerprint density at radius 2 is 0.694 bits per heavy atom. The van der Waals surface area contributed by atoms with E-state index in [4.69, 9.17) is 0 Å². The predicted octanol–water partition coefficient (Wildman–Crippen LogP) is 16.9. The van der Waals surface area contributed by atoms with Gasteiger partial charge in [0.25, 0.3) is 0 Å². The normalized spacial score (nSPS) is 13.3. The number of rotatable bonds is 12. The van der Waals surface area contributed by atoms with Crippen LogP contribution >= 0.6 is 0 Å². The molecule has 62 heavy (non-hydrogen) atoms. The second-order valence-electron chi connectivity index (χ2n) is 18.1. The van der Waals surface area contributed by atoms with Crippen LogP contribution in [0.3, 0.4) is 0 Å². The van der Waals surface area contributed by atoms with E-state index in [-0.39, 0.29) is 0 Å². The van der Waals surface area contributed by atoms with Crippen molar-refractivity contribution >= 4 is 66.8 Å². The van der Waals surface area contributed by atoms with Crippen LogP contribution in [0.4, 0.5) is 34.1 Å². The summed E-state index contributed by atoms with van der Waals surface area (Å²) in [5.41, 5.74) is 24.5. The van der Waals surface area contributed by atoms with Gasteiger partial charge in [0.1, 0.15) is 0 Å². The molecule has 8 aromatic rings. The van der Waals surface area contributed by atoms with Gasteiger partial charge in [-0.2, -0.15) is 0 Å². The van der Waals surface area contributed by atoms with Gasteiger partial charge >= 0.3 is 0 Å². The predicted molar refractivity (Wildman–Crippen MR) is 268 cm³/mol. The molecule has 0 aliphatic heterocycles. The summed E-state index contributed by atoms with van der Waals surface area (Å²) in [5.74, 6) is 0. The van der Waals surface area contributed by atoms with Crippen molar-refractivity contribution in [3.05, 3.63) is 201 Å². The number of nitrogens with zero attached hydrogens (tertiary/aromatic N) is 2. The molecule has 0 unspecified atom stereocenters. The summed E-state index contributed by atoms with van der Waals surface area (Å²) < 4.78 is 0. The van der Waals surface area contributed by atoms with E-state index >= 15 is 0 Å². The average Bonchev–Trinajstić information content (AvgIpc) is 3.92. The fourth-order valence-corrected chi connectivity index (χ4v) is 10.6. The zero-order valence-corrected chi connectivity index (χ0v) is 37.4. The molecule has 0 atom stereocenters. The van der Waals surface area contributed by atoms with Crippen LogP contribution < -0.4 is 9.80 Å². The highest BCUT2D eigenvalue weighted by Gasteiger charge is 2.27. The van der Waals surface area contributed by atoms with E-state index in [0.717, 1.165) is 51.4 Å². The zero-order valence-electron chi connectivity index (χ0n) is 37.4. The van der Waals surface area contributed by atoms with E-state index < -0.39 is 0 Å². The molecule has 10 rings (SSSR count). The molecule has 0 saturated heterocycles. The molecule has 0 bridgehead atoms. The fraction of sp³-hybridized carbons (Fsp3) is 0.233. The summed E-state index contributed by atoms with van der Waals surface area (Å²) in [7, 11) is 0. The molecule has 2 nitrogen and oxygen atoms in total. The molecule has 308 valence electrons. The van der Waals surface area contributed by atoms with Crippen molar-refractivity contribution in [1.82, 2.24) is 0 Å². The number of aryl methyl sites for hydroxylation is 8. The van der Waals surface area contributed by atoms with Crippen LogP contribution in [0, 0.1) is 27.7 Å². The molecule has 8 aromatic carbocycles. The maximum absolute atomic E-state index is 2.49. The molecule has 2 aliphatic carbocycles. The molecule has 2 heteroatoms. The topological polar surface area (TPSA) is 6.48 Å². The third-order valence-corrected chi connectivity index (χ3v) is 13.6. The lowest BCUT2D eigenvalue weighted by Crippen LogP contribution is -2.10. The smallest absolute Gasteiger partial charge is 0.0470 e. The molecule has 0 saturated carbocycles. The number of hydrogen-bond donors (Lipinski definition) is 0. The molecule has 0 amide bonds. The maximum Gasteiger partial charge on any atom is 0.0470 e.